The fourth-order valence-corrected chi connectivity index (χ4v) is 6.13. The van der Waals surface area contributed by atoms with Crippen LogP contribution in [0.15, 0.2) is 0 Å². The van der Waals surface area contributed by atoms with Crippen molar-refractivity contribution in [1.29, 1.82) is 0 Å². The summed E-state index contributed by atoms with van der Waals surface area (Å²) in [5.74, 6) is 5.40. The lowest BCUT2D eigenvalue weighted by Crippen LogP contribution is -2.50. The Hall–Kier alpha value is -0.900. The van der Waals surface area contributed by atoms with Crippen molar-refractivity contribution < 1.29 is 0 Å². The highest BCUT2D eigenvalue weighted by Crippen LogP contribution is 2.60. The molecule has 1 unspecified atom stereocenters. The quantitative estimate of drug-likeness (QED) is 0.851. The molecular weight excluding hydrogens is 248 g/mol. The zero-order valence-corrected chi connectivity index (χ0v) is 12.1. The Morgan fingerprint density at radius 2 is 1.65 bits per heavy atom. The van der Waals surface area contributed by atoms with E-state index in [1.807, 2.05) is 0 Å². The summed E-state index contributed by atoms with van der Waals surface area (Å²) in [5.41, 5.74) is 6.46. The number of hydrogen-bond acceptors (Lipinski definition) is 3. The third kappa shape index (κ3) is 1.51. The average Bonchev–Trinajstić information content (AvgIpc) is 2.80. The molecule has 4 heteroatoms. The lowest BCUT2D eigenvalue weighted by atomic mass is 9.49. The smallest absolute Gasteiger partial charge is 0.139 e. The lowest BCUT2D eigenvalue weighted by molar-refractivity contribution is -0.0114. The second-order valence-corrected chi connectivity index (χ2v) is 8.04. The molecule has 2 N–H and O–H groups in total. The van der Waals surface area contributed by atoms with Gasteiger partial charge in [-0.3, -0.25) is 0 Å². The zero-order valence-electron chi connectivity index (χ0n) is 12.1. The number of aromatic nitrogens is 3. The summed E-state index contributed by atoms with van der Waals surface area (Å²) in [6.07, 6.45) is 10.6. The van der Waals surface area contributed by atoms with E-state index in [4.69, 9.17) is 5.73 Å². The van der Waals surface area contributed by atoms with Crippen molar-refractivity contribution in [3.63, 3.8) is 0 Å². The van der Waals surface area contributed by atoms with Crippen molar-refractivity contribution in [2.45, 2.75) is 69.4 Å². The highest BCUT2D eigenvalue weighted by molar-refractivity contribution is 5.19. The van der Waals surface area contributed by atoms with E-state index in [-0.39, 0.29) is 6.04 Å². The minimum Gasteiger partial charge on any atom is -0.327 e. The monoisotopic (exact) mass is 272 g/mol. The molecule has 5 aliphatic rings. The van der Waals surface area contributed by atoms with Gasteiger partial charge in [-0.1, -0.05) is 0 Å². The van der Waals surface area contributed by atoms with E-state index in [0.717, 1.165) is 43.0 Å². The van der Waals surface area contributed by atoms with Crippen LogP contribution in [-0.4, -0.2) is 20.8 Å². The summed E-state index contributed by atoms with van der Waals surface area (Å²) in [6.45, 7) is 1.04. The Bertz CT molecular complexity index is 511. The molecular formula is C16H24N4. The van der Waals surface area contributed by atoms with Crippen LogP contribution in [0.2, 0.25) is 0 Å². The first kappa shape index (κ1) is 11.7. The molecule has 4 bridgehead atoms. The summed E-state index contributed by atoms with van der Waals surface area (Å²) in [4.78, 5) is 0. The van der Waals surface area contributed by atoms with Crippen LogP contribution in [-0.2, 0) is 18.4 Å². The molecule has 0 amide bonds. The maximum absolute atomic E-state index is 6.08. The number of nitrogens with two attached hydrogens (primary N) is 1. The normalized spacial score (nSPS) is 45.6. The van der Waals surface area contributed by atoms with Crippen molar-refractivity contribution in [3.8, 4) is 0 Å². The fraction of sp³-hybridized carbons (Fsp3) is 0.875. The predicted molar refractivity (Wildman–Crippen MR) is 76.2 cm³/mol. The highest BCUT2D eigenvalue weighted by Gasteiger charge is 2.54. The minimum absolute atomic E-state index is 0.288. The zero-order chi connectivity index (χ0) is 13.3. The molecule has 108 valence electrons. The summed E-state index contributed by atoms with van der Waals surface area (Å²) in [5, 5.41) is 9.18. The summed E-state index contributed by atoms with van der Waals surface area (Å²) in [6, 6.07) is 0.288. The lowest BCUT2D eigenvalue weighted by Gasteiger charge is -2.56. The molecule has 4 nitrogen and oxygen atoms in total. The number of hydrogen-bond donors (Lipinski definition) is 1. The van der Waals surface area contributed by atoms with Gasteiger partial charge in [-0.2, -0.15) is 0 Å². The van der Waals surface area contributed by atoms with Gasteiger partial charge in [-0.05, 0) is 62.7 Å². The Labute approximate surface area is 120 Å². The Kier molecular flexibility index (Phi) is 2.25. The summed E-state index contributed by atoms with van der Waals surface area (Å²) >= 11 is 0. The molecule has 1 aromatic rings. The van der Waals surface area contributed by atoms with Crippen LogP contribution in [0.3, 0.4) is 0 Å². The van der Waals surface area contributed by atoms with Crippen LogP contribution < -0.4 is 5.73 Å². The molecule has 20 heavy (non-hydrogen) atoms. The van der Waals surface area contributed by atoms with Crippen LogP contribution in [0.5, 0.6) is 0 Å². The van der Waals surface area contributed by atoms with Gasteiger partial charge < -0.3 is 10.3 Å². The van der Waals surface area contributed by atoms with Gasteiger partial charge in [-0.25, -0.2) is 0 Å². The van der Waals surface area contributed by atoms with Crippen molar-refractivity contribution in [2.75, 3.05) is 0 Å². The second-order valence-electron chi connectivity index (χ2n) is 8.04. The van der Waals surface area contributed by atoms with Crippen molar-refractivity contribution in [3.05, 3.63) is 11.6 Å². The second kappa shape index (κ2) is 3.85. The predicted octanol–water partition coefficient (Wildman–Crippen LogP) is 2.02. The molecule has 1 aromatic heterocycles. The summed E-state index contributed by atoms with van der Waals surface area (Å²) in [7, 11) is 0. The van der Waals surface area contributed by atoms with E-state index in [1.54, 1.807) is 0 Å². The maximum Gasteiger partial charge on any atom is 0.139 e. The van der Waals surface area contributed by atoms with Gasteiger partial charge >= 0.3 is 0 Å². The number of nitrogens with zero attached hydrogens (tertiary/aromatic N) is 3. The average molecular weight is 272 g/mol. The first-order valence-electron chi connectivity index (χ1n) is 8.40. The van der Waals surface area contributed by atoms with E-state index >= 15 is 0 Å². The fourth-order valence-electron chi connectivity index (χ4n) is 6.13. The number of rotatable bonds is 1. The Morgan fingerprint density at radius 3 is 2.30 bits per heavy atom. The Balaban J connectivity index is 1.57. The van der Waals surface area contributed by atoms with Gasteiger partial charge in [-0.15, -0.1) is 10.2 Å². The van der Waals surface area contributed by atoms with Crippen molar-refractivity contribution in [2.24, 2.45) is 23.5 Å². The molecule has 0 aromatic carbocycles. The molecule has 4 fully saturated rings. The van der Waals surface area contributed by atoms with Crippen LogP contribution >= 0.6 is 0 Å². The topological polar surface area (TPSA) is 56.7 Å². The number of fused-ring (bicyclic) bond motifs is 1. The van der Waals surface area contributed by atoms with Gasteiger partial charge in [0.05, 0.1) is 0 Å². The van der Waals surface area contributed by atoms with E-state index in [2.05, 4.69) is 14.8 Å². The minimum atomic E-state index is 0.288. The Morgan fingerprint density at radius 1 is 1.00 bits per heavy atom. The van der Waals surface area contributed by atoms with Gasteiger partial charge in [0.1, 0.15) is 11.6 Å². The SMILES string of the molecule is NC1CCn2c(nnc2C23CC4CC(CC(C4)C2)C3)C1. The molecule has 2 heterocycles. The third-order valence-corrected chi connectivity index (χ3v) is 6.51. The van der Waals surface area contributed by atoms with Gasteiger partial charge in [0, 0.05) is 24.4 Å². The first-order chi connectivity index (χ1) is 9.72. The molecule has 0 radical (unpaired) electrons. The van der Waals surface area contributed by atoms with E-state index < -0.39 is 0 Å². The molecule has 1 aliphatic heterocycles. The van der Waals surface area contributed by atoms with Crippen LogP contribution in [0, 0.1) is 17.8 Å². The highest BCUT2D eigenvalue weighted by atomic mass is 15.3. The molecule has 0 spiro atoms. The van der Waals surface area contributed by atoms with Gasteiger partial charge in [0.25, 0.3) is 0 Å². The largest absolute Gasteiger partial charge is 0.327 e. The van der Waals surface area contributed by atoms with Crippen LogP contribution in [0.1, 0.15) is 56.6 Å². The first-order valence-corrected chi connectivity index (χ1v) is 8.40. The molecule has 1 atom stereocenters. The standard InChI is InChI=1S/C16H24N4/c17-13-1-2-20-14(6-13)18-19-15(20)16-7-10-3-11(8-16)5-12(4-10)9-16/h10-13H,1-9,17H2. The maximum atomic E-state index is 6.08. The van der Waals surface area contributed by atoms with E-state index in [1.165, 1.54) is 44.3 Å². The third-order valence-electron chi connectivity index (χ3n) is 6.51. The summed E-state index contributed by atoms with van der Waals surface area (Å²) < 4.78 is 2.44. The van der Waals surface area contributed by atoms with Gasteiger partial charge in [0.2, 0.25) is 0 Å². The van der Waals surface area contributed by atoms with Crippen LogP contribution in [0.25, 0.3) is 0 Å². The molecule has 4 saturated carbocycles. The van der Waals surface area contributed by atoms with Crippen molar-refractivity contribution in [1.82, 2.24) is 14.8 Å². The van der Waals surface area contributed by atoms with E-state index in [9.17, 15) is 0 Å². The van der Waals surface area contributed by atoms with Crippen LogP contribution in [0.4, 0.5) is 0 Å². The van der Waals surface area contributed by atoms with Gasteiger partial charge in [0.15, 0.2) is 0 Å². The molecule has 4 aliphatic carbocycles. The molecule has 6 rings (SSSR count). The van der Waals surface area contributed by atoms with E-state index in [0.29, 0.717) is 5.41 Å². The molecule has 0 saturated heterocycles. The van der Waals surface area contributed by atoms with Crippen molar-refractivity contribution >= 4 is 0 Å².